The van der Waals surface area contributed by atoms with E-state index in [1.165, 1.54) is 12.3 Å². The van der Waals surface area contributed by atoms with Crippen molar-refractivity contribution in [3.05, 3.63) is 29.8 Å². The van der Waals surface area contributed by atoms with Crippen molar-refractivity contribution in [2.45, 2.75) is 0 Å². The van der Waals surface area contributed by atoms with E-state index in [4.69, 9.17) is 5.26 Å². The molecule has 1 aromatic rings. The number of rotatable bonds is 1. The fourth-order valence-electron chi connectivity index (χ4n) is 0.633. The van der Waals surface area contributed by atoms with Gasteiger partial charge < -0.3 is 0 Å². The Bertz CT molecular complexity index is 327. The molecule has 0 aliphatic carbocycles. The molecule has 1 N–H and O–H groups in total. The van der Waals surface area contributed by atoms with E-state index in [1.807, 2.05) is 5.32 Å². The third-order valence-corrected chi connectivity index (χ3v) is 1.16. The van der Waals surface area contributed by atoms with Gasteiger partial charge in [-0.05, 0) is 12.1 Å². The van der Waals surface area contributed by atoms with Gasteiger partial charge in [0.15, 0.2) is 6.19 Å². The van der Waals surface area contributed by atoms with Gasteiger partial charge in [0.1, 0.15) is 0 Å². The van der Waals surface area contributed by atoms with Gasteiger partial charge in [-0.25, -0.2) is 4.98 Å². The molecule has 0 aromatic carbocycles. The van der Waals surface area contributed by atoms with Gasteiger partial charge >= 0.3 is 0 Å². The molecule has 0 spiro atoms. The zero-order valence-electron chi connectivity index (χ0n) is 5.91. The van der Waals surface area contributed by atoms with Crippen molar-refractivity contribution in [1.82, 2.24) is 10.3 Å². The van der Waals surface area contributed by atoms with E-state index in [2.05, 4.69) is 4.98 Å². The van der Waals surface area contributed by atoms with Crippen molar-refractivity contribution < 1.29 is 9.18 Å². The summed E-state index contributed by atoms with van der Waals surface area (Å²) in [4.78, 5) is 14.1. The molecular weight excluding hydrogens is 161 g/mol. The quantitative estimate of drug-likeness (QED) is 0.373. The molecule has 5 heteroatoms. The first-order chi connectivity index (χ1) is 5.74. The van der Waals surface area contributed by atoms with Crippen molar-refractivity contribution in [1.29, 1.82) is 5.26 Å². The number of aromatic nitrogens is 1. The van der Waals surface area contributed by atoms with Gasteiger partial charge in [0, 0.05) is 6.20 Å². The maximum atomic E-state index is 12.2. The summed E-state index contributed by atoms with van der Waals surface area (Å²) >= 11 is 0. The lowest BCUT2D eigenvalue weighted by Crippen LogP contribution is -2.17. The van der Waals surface area contributed by atoms with Crippen LogP contribution in [0.3, 0.4) is 0 Å². The summed E-state index contributed by atoms with van der Waals surface area (Å²) in [6.45, 7) is 0. The van der Waals surface area contributed by atoms with E-state index in [0.717, 1.165) is 12.3 Å². The van der Waals surface area contributed by atoms with Crippen LogP contribution in [0.15, 0.2) is 18.3 Å². The molecule has 0 saturated carbocycles. The van der Waals surface area contributed by atoms with Crippen LogP contribution in [0, 0.1) is 17.4 Å². The highest BCUT2D eigenvalue weighted by molar-refractivity contribution is 5.94. The number of hydrogen-bond acceptors (Lipinski definition) is 3. The molecule has 4 nitrogen and oxygen atoms in total. The van der Waals surface area contributed by atoms with Crippen LogP contribution in [0.1, 0.15) is 10.4 Å². The van der Waals surface area contributed by atoms with Crippen molar-refractivity contribution in [3.8, 4) is 6.19 Å². The summed E-state index contributed by atoms with van der Waals surface area (Å²) in [5, 5.41) is 9.96. The van der Waals surface area contributed by atoms with Gasteiger partial charge in [0.25, 0.3) is 5.91 Å². The Kier molecular flexibility index (Phi) is 2.33. The molecule has 0 saturated heterocycles. The van der Waals surface area contributed by atoms with E-state index in [0.29, 0.717) is 0 Å². The van der Waals surface area contributed by atoms with Gasteiger partial charge in [0.05, 0.1) is 5.56 Å². The molecular formula is C7H4FN3O. The number of nitrogens with one attached hydrogen (secondary N) is 1. The van der Waals surface area contributed by atoms with E-state index < -0.39 is 11.9 Å². The SMILES string of the molecule is N#CNC(=O)c1ccc(F)nc1. The topological polar surface area (TPSA) is 65.8 Å². The number of hydrogen-bond donors (Lipinski definition) is 1. The second-order valence-electron chi connectivity index (χ2n) is 1.94. The Morgan fingerprint density at radius 1 is 1.67 bits per heavy atom. The van der Waals surface area contributed by atoms with Crippen molar-refractivity contribution in [3.63, 3.8) is 0 Å². The highest BCUT2D eigenvalue weighted by atomic mass is 19.1. The highest BCUT2D eigenvalue weighted by Gasteiger charge is 2.03. The average Bonchev–Trinajstić information content (AvgIpc) is 2.06. The number of pyridine rings is 1. The van der Waals surface area contributed by atoms with Crippen LogP contribution in [0.25, 0.3) is 0 Å². The summed E-state index contributed by atoms with van der Waals surface area (Å²) in [5.41, 5.74) is 0.151. The lowest BCUT2D eigenvalue weighted by atomic mass is 10.3. The minimum atomic E-state index is -0.663. The Balaban J connectivity index is 2.84. The minimum absolute atomic E-state index is 0.151. The molecule has 0 unspecified atom stereocenters. The number of nitrogens with zero attached hydrogens (tertiary/aromatic N) is 2. The van der Waals surface area contributed by atoms with Crippen LogP contribution in [-0.4, -0.2) is 10.9 Å². The van der Waals surface area contributed by atoms with Crippen LogP contribution in [0.5, 0.6) is 0 Å². The Morgan fingerprint density at radius 2 is 2.42 bits per heavy atom. The molecule has 1 amide bonds. The van der Waals surface area contributed by atoms with Crippen molar-refractivity contribution >= 4 is 5.91 Å². The molecule has 1 heterocycles. The van der Waals surface area contributed by atoms with Gasteiger partial charge in [-0.2, -0.15) is 9.65 Å². The van der Waals surface area contributed by atoms with E-state index in [9.17, 15) is 9.18 Å². The Hall–Kier alpha value is -1.96. The molecule has 1 aromatic heterocycles. The lowest BCUT2D eigenvalue weighted by molar-refractivity contribution is 0.0972. The van der Waals surface area contributed by atoms with E-state index in [1.54, 1.807) is 0 Å². The Morgan fingerprint density at radius 3 is 2.92 bits per heavy atom. The van der Waals surface area contributed by atoms with E-state index >= 15 is 0 Å². The van der Waals surface area contributed by atoms with Crippen LogP contribution >= 0.6 is 0 Å². The molecule has 0 radical (unpaired) electrons. The number of nitriles is 1. The van der Waals surface area contributed by atoms with Gasteiger partial charge in [0.2, 0.25) is 5.95 Å². The standard InChI is InChI=1S/C7H4FN3O/c8-6-2-1-5(3-10-6)7(12)11-4-9/h1-3H,(H,11,12). The first kappa shape index (κ1) is 8.14. The summed E-state index contributed by atoms with van der Waals surface area (Å²) in [7, 11) is 0. The minimum Gasteiger partial charge on any atom is -0.268 e. The van der Waals surface area contributed by atoms with Crippen LogP contribution in [0.4, 0.5) is 4.39 Å². The fraction of sp³-hybridized carbons (Fsp3) is 0. The molecule has 0 aliphatic heterocycles. The zero-order valence-corrected chi connectivity index (χ0v) is 5.91. The second-order valence-corrected chi connectivity index (χ2v) is 1.94. The molecule has 0 atom stereocenters. The molecule has 12 heavy (non-hydrogen) atoms. The first-order valence-electron chi connectivity index (χ1n) is 3.05. The van der Waals surface area contributed by atoms with Crippen LogP contribution in [0.2, 0.25) is 0 Å². The third-order valence-electron chi connectivity index (χ3n) is 1.16. The average molecular weight is 165 g/mol. The van der Waals surface area contributed by atoms with Crippen LogP contribution < -0.4 is 5.32 Å². The number of carbonyl (C=O) groups excluding carboxylic acids is 1. The maximum absolute atomic E-state index is 12.2. The number of carbonyl (C=O) groups is 1. The molecule has 1 rings (SSSR count). The van der Waals surface area contributed by atoms with Gasteiger partial charge in [-0.1, -0.05) is 0 Å². The zero-order chi connectivity index (χ0) is 8.97. The smallest absolute Gasteiger partial charge is 0.265 e. The normalized spacial score (nSPS) is 8.67. The molecule has 60 valence electrons. The number of halogens is 1. The monoisotopic (exact) mass is 165 g/mol. The predicted octanol–water partition coefficient (Wildman–Crippen LogP) is 0.432. The maximum Gasteiger partial charge on any atom is 0.265 e. The lowest BCUT2D eigenvalue weighted by Gasteiger charge is -1.94. The van der Waals surface area contributed by atoms with Gasteiger partial charge in [-0.15, -0.1) is 0 Å². The largest absolute Gasteiger partial charge is 0.268 e. The summed E-state index contributed by atoms with van der Waals surface area (Å²) in [5.74, 6) is -1.26. The summed E-state index contributed by atoms with van der Waals surface area (Å²) < 4.78 is 12.2. The molecule has 0 fully saturated rings. The number of amides is 1. The molecule has 0 bridgehead atoms. The van der Waals surface area contributed by atoms with Crippen molar-refractivity contribution in [2.24, 2.45) is 0 Å². The summed E-state index contributed by atoms with van der Waals surface area (Å²) in [6, 6.07) is 2.29. The van der Waals surface area contributed by atoms with Crippen molar-refractivity contribution in [2.75, 3.05) is 0 Å². The third kappa shape index (κ3) is 1.76. The first-order valence-corrected chi connectivity index (χ1v) is 3.05. The molecule has 0 aliphatic rings. The highest BCUT2D eigenvalue weighted by Crippen LogP contribution is 1.97. The van der Waals surface area contributed by atoms with Crippen LogP contribution in [-0.2, 0) is 0 Å². The van der Waals surface area contributed by atoms with E-state index in [-0.39, 0.29) is 5.56 Å². The predicted molar refractivity (Wildman–Crippen MR) is 37.3 cm³/mol. The van der Waals surface area contributed by atoms with Gasteiger partial charge in [-0.3, -0.25) is 10.1 Å². The summed E-state index contributed by atoms with van der Waals surface area (Å²) in [6.07, 6.45) is 2.52. The fourth-order valence-corrected chi connectivity index (χ4v) is 0.633. The second kappa shape index (κ2) is 3.44. The Labute approximate surface area is 67.7 Å².